The van der Waals surface area contributed by atoms with Crippen LogP contribution in [0.5, 0.6) is 0 Å². The lowest BCUT2D eigenvalue weighted by Crippen LogP contribution is -2.40. The number of nitrogens with one attached hydrogen (secondary N) is 1. The van der Waals surface area contributed by atoms with Gasteiger partial charge in [-0.15, -0.1) is 5.10 Å². The molecule has 166 valence electrons. The number of benzene rings is 2. The van der Waals surface area contributed by atoms with Crippen LogP contribution in [0, 0.1) is 11.6 Å². The van der Waals surface area contributed by atoms with Crippen molar-refractivity contribution >= 4 is 28.3 Å². The van der Waals surface area contributed by atoms with Gasteiger partial charge in [-0.05, 0) is 36.4 Å². The number of fused-ring (bicyclic) bond motifs is 1. The topological polar surface area (TPSA) is 80.2 Å². The first-order valence-electron chi connectivity index (χ1n) is 10.4. The van der Waals surface area contributed by atoms with Crippen LogP contribution in [0.1, 0.15) is 10.4 Å². The predicted octanol–water partition coefficient (Wildman–Crippen LogP) is 4.19. The molecule has 0 atom stereocenters. The molecule has 0 spiro atoms. The van der Waals surface area contributed by atoms with E-state index < -0.39 is 11.6 Å². The molecule has 7 nitrogen and oxygen atoms in total. The number of aromatic nitrogens is 3. The molecule has 2 aromatic heterocycles. The summed E-state index contributed by atoms with van der Waals surface area (Å²) in [6.45, 7) is 2.19. The summed E-state index contributed by atoms with van der Waals surface area (Å²) in [7, 11) is 0. The van der Waals surface area contributed by atoms with E-state index in [0.29, 0.717) is 48.9 Å². The van der Waals surface area contributed by atoms with Crippen LogP contribution in [-0.4, -0.2) is 52.3 Å². The zero-order chi connectivity index (χ0) is 22.8. The van der Waals surface area contributed by atoms with Gasteiger partial charge in [-0.25, -0.2) is 13.8 Å². The lowest BCUT2D eigenvalue weighted by atomic mass is 10.0. The van der Waals surface area contributed by atoms with Crippen LogP contribution in [0.2, 0.25) is 0 Å². The Hall–Kier alpha value is -3.98. The number of pyridine rings is 1. The van der Waals surface area contributed by atoms with Crippen molar-refractivity contribution in [1.29, 1.82) is 0 Å². The first-order valence-corrected chi connectivity index (χ1v) is 10.4. The number of carbonyl (C=O) groups excluding carboxylic acids is 1. The second kappa shape index (κ2) is 8.87. The summed E-state index contributed by atoms with van der Waals surface area (Å²) in [6, 6.07) is 14.0. The van der Waals surface area contributed by atoms with Gasteiger partial charge < -0.3 is 15.0 Å². The lowest BCUT2D eigenvalue weighted by molar-refractivity contribution is 0.0303. The number of anilines is 2. The van der Waals surface area contributed by atoms with E-state index in [4.69, 9.17) is 4.74 Å². The molecule has 1 saturated heterocycles. The van der Waals surface area contributed by atoms with E-state index in [1.807, 2.05) is 12.1 Å². The molecule has 1 fully saturated rings. The molecular formula is C24H19F2N5O2. The molecule has 1 aliphatic heterocycles. The molecule has 1 aliphatic rings. The maximum Gasteiger partial charge on any atom is 0.254 e. The highest BCUT2D eigenvalue weighted by Gasteiger charge is 2.19. The first-order chi connectivity index (χ1) is 16.1. The van der Waals surface area contributed by atoms with Crippen molar-refractivity contribution in [3.8, 4) is 11.3 Å². The average Bonchev–Trinajstić information content (AvgIpc) is 2.85. The minimum absolute atomic E-state index is 0.0562. The number of nitrogens with zero attached hydrogens (tertiary/aromatic N) is 4. The van der Waals surface area contributed by atoms with E-state index in [9.17, 15) is 13.6 Å². The van der Waals surface area contributed by atoms with Gasteiger partial charge in [-0.2, -0.15) is 5.10 Å². The van der Waals surface area contributed by atoms with Crippen LogP contribution in [0.25, 0.3) is 22.2 Å². The second-order valence-corrected chi connectivity index (χ2v) is 7.56. The Balaban J connectivity index is 1.46. The van der Waals surface area contributed by atoms with Gasteiger partial charge >= 0.3 is 0 Å². The van der Waals surface area contributed by atoms with E-state index in [0.717, 1.165) is 17.0 Å². The number of carbonyl (C=O) groups is 1. The SMILES string of the molecule is O=C(c1cccc(-c2nncc3nc(Nc4ccc(F)cc4F)ccc23)c1)N1CCOCC1. The molecule has 9 heteroatoms. The highest BCUT2D eigenvalue weighted by molar-refractivity contribution is 5.98. The van der Waals surface area contributed by atoms with E-state index in [2.05, 4.69) is 20.5 Å². The molecule has 5 rings (SSSR count). The van der Waals surface area contributed by atoms with Crippen molar-refractivity contribution in [3.63, 3.8) is 0 Å². The summed E-state index contributed by atoms with van der Waals surface area (Å²) in [5, 5.41) is 11.9. The summed E-state index contributed by atoms with van der Waals surface area (Å²) < 4.78 is 32.5. The van der Waals surface area contributed by atoms with Gasteiger partial charge in [0.05, 0.1) is 30.6 Å². The van der Waals surface area contributed by atoms with Gasteiger partial charge in [0, 0.05) is 35.7 Å². The maximum atomic E-state index is 14.0. The molecule has 2 aromatic carbocycles. The fraction of sp³-hybridized carbons (Fsp3) is 0.167. The number of morpholine rings is 1. The summed E-state index contributed by atoms with van der Waals surface area (Å²) >= 11 is 0. The molecule has 1 amide bonds. The minimum atomic E-state index is -0.716. The number of ether oxygens (including phenoxy) is 1. The smallest absolute Gasteiger partial charge is 0.254 e. The molecule has 0 aliphatic carbocycles. The van der Waals surface area contributed by atoms with Crippen molar-refractivity contribution < 1.29 is 18.3 Å². The molecule has 4 aromatic rings. The van der Waals surface area contributed by atoms with E-state index in [1.165, 1.54) is 18.3 Å². The molecule has 0 saturated carbocycles. The van der Waals surface area contributed by atoms with Crippen LogP contribution in [0.3, 0.4) is 0 Å². The summed E-state index contributed by atoms with van der Waals surface area (Å²) in [6.07, 6.45) is 1.51. The molecule has 0 unspecified atom stereocenters. The highest BCUT2D eigenvalue weighted by Crippen LogP contribution is 2.28. The molecule has 0 bridgehead atoms. The van der Waals surface area contributed by atoms with Crippen molar-refractivity contribution in [2.45, 2.75) is 0 Å². The van der Waals surface area contributed by atoms with Crippen LogP contribution in [0.15, 0.2) is 60.8 Å². The average molecular weight is 447 g/mol. The molecule has 1 N–H and O–H groups in total. The summed E-state index contributed by atoms with van der Waals surface area (Å²) in [4.78, 5) is 19.1. The van der Waals surface area contributed by atoms with Gasteiger partial charge in [-0.3, -0.25) is 4.79 Å². The molecular weight excluding hydrogens is 428 g/mol. The monoisotopic (exact) mass is 447 g/mol. The van der Waals surface area contributed by atoms with E-state index in [1.54, 1.807) is 29.2 Å². The predicted molar refractivity (Wildman–Crippen MR) is 119 cm³/mol. The van der Waals surface area contributed by atoms with E-state index in [-0.39, 0.29) is 11.6 Å². The van der Waals surface area contributed by atoms with E-state index >= 15 is 0 Å². The zero-order valence-corrected chi connectivity index (χ0v) is 17.5. The Kier molecular flexibility index (Phi) is 5.62. The Labute approximate surface area is 188 Å². The van der Waals surface area contributed by atoms with Gasteiger partial charge in [0.2, 0.25) is 0 Å². The van der Waals surface area contributed by atoms with Crippen molar-refractivity contribution in [1.82, 2.24) is 20.1 Å². The maximum absolute atomic E-state index is 14.0. The number of rotatable bonds is 4. The van der Waals surface area contributed by atoms with Crippen LogP contribution < -0.4 is 5.32 Å². The van der Waals surface area contributed by atoms with Gasteiger partial charge in [-0.1, -0.05) is 12.1 Å². The number of hydrogen-bond acceptors (Lipinski definition) is 6. The number of hydrogen-bond donors (Lipinski definition) is 1. The normalized spacial score (nSPS) is 13.8. The number of halogens is 2. The van der Waals surface area contributed by atoms with Crippen molar-refractivity contribution in [2.24, 2.45) is 0 Å². The Morgan fingerprint density at radius 1 is 1.03 bits per heavy atom. The third-order valence-electron chi connectivity index (χ3n) is 5.39. The van der Waals surface area contributed by atoms with Gasteiger partial charge in [0.1, 0.15) is 23.1 Å². The van der Waals surface area contributed by atoms with Gasteiger partial charge in [0.25, 0.3) is 5.91 Å². The Morgan fingerprint density at radius 3 is 2.70 bits per heavy atom. The lowest BCUT2D eigenvalue weighted by Gasteiger charge is -2.27. The fourth-order valence-corrected chi connectivity index (χ4v) is 3.73. The highest BCUT2D eigenvalue weighted by atomic mass is 19.1. The standard InChI is InChI=1S/C24H19F2N5O2/c25-17-4-6-20(19(26)13-17)28-22-7-5-18-21(29-22)14-27-30-23(18)15-2-1-3-16(12-15)24(32)31-8-10-33-11-9-31/h1-7,12-14H,8-11H2,(H,28,29). The van der Waals surface area contributed by atoms with Crippen LogP contribution >= 0.6 is 0 Å². The summed E-state index contributed by atoms with van der Waals surface area (Å²) in [5.41, 5.74) is 2.53. The minimum Gasteiger partial charge on any atom is -0.378 e. The third kappa shape index (κ3) is 4.35. The third-order valence-corrected chi connectivity index (χ3v) is 5.39. The van der Waals surface area contributed by atoms with Crippen molar-refractivity contribution in [2.75, 3.05) is 31.6 Å². The van der Waals surface area contributed by atoms with Gasteiger partial charge in [0.15, 0.2) is 0 Å². The summed E-state index contributed by atoms with van der Waals surface area (Å²) in [5.74, 6) is -1.05. The fourth-order valence-electron chi connectivity index (χ4n) is 3.73. The molecule has 3 heterocycles. The van der Waals surface area contributed by atoms with Crippen LogP contribution in [-0.2, 0) is 4.74 Å². The Bertz CT molecular complexity index is 1340. The molecule has 0 radical (unpaired) electrons. The second-order valence-electron chi connectivity index (χ2n) is 7.56. The number of amides is 1. The first kappa shape index (κ1) is 20.9. The van der Waals surface area contributed by atoms with Crippen molar-refractivity contribution in [3.05, 3.63) is 78.0 Å². The molecule has 33 heavy (non-hydrogen) atoms. The van der Waals surface area contributed by atoms with Crippen LogP contribution in [0.4, 0.5) is 20.3 Å². The largest absolute Gasteiger partial charge is 0.378 e. The Morgan fingerprint density at radius 2 is 1.88 bits per heavy atom. The zero-order valence-electron chi connectivity index (χ0n) is 17.5. The quantitative estimate of drug-likeness (QED) is 0.506.